The maximum Gasteiger partial charge on any atom is 0.214 e. The molecule has 0 spiro atoms. The van der Waals surface area contributed by atoms with Crippen molar-refractivity contribution >= 4 is 10.0 Å². The summed E-state index contributed by atoms with van der Waals surface area (Å²) in [5.41, 5.74) is 1.30. The number of hydrogen-bond donors (Lipinski definition) is 0. The number of nitrogens with zero attached hydrogens (tertiary/aromatic N) is 2. The van der Waals surface area contributed by atoms with E-state index in [1.165, 1.54) is 37.8 Å². The highest BCUT2D eigenvalue weighted by molar-refractivity contribution is 7.89. The van der Waals surface area contributed by atoms with Gasteiger partial charge < -0.3 is 4.74 Å². The zero-order valence-corrected chi connectivity index (χ0v) is 18.3. The van der Waals surface area contributed by atoms with Crippen LogP contribution in [-0.2, 0) is 16.4 Å². The molecule has 0 amide bonds. The Morgan fingerprint density at radius 3 is 2.72 bits per heavy atom. The first-order valence-electron chi connectivity index (χ1n) is 11.4. The summed E-state index contributed by atoms with van der Waals surface area (Å²) < 4.78 is 33.5. The summed E-state index contributed by atoms with van der Waals surface area (Å²) in [6.07, 6.45) is 8.14. The van der Waals surface area contributed by atoms with Crippen molar-refractivity contribution in [2.75, 3.05) is 32.5 Å². The Labute approximate surface area is 175 Å². The summed E-state index contributed by atoms with van der Waals surface area (Å²) in [6, 6.07) is 9.39. The van der Waals surface area contributed by atoms with Crippen molar-refractivity contribution in [3.8, 4) is 5.75 Å². The maximum absolute atomic E-state index is 13.1. The van der Waals surface area contributed by atoms with E-state index in [0.717, 1.165) is 31.6 Å². The summed E-state index contributed by atoms with van der Waals surface area (Å²) in [5, 5.41) is 0. The van der Waals surface area contributed by atoms with Gasteiger partial charge in [0.25, 0.3) is 0 Å². The van der Waals surface area contributed by atoms with Crippen molar-refractivity contribution in [1.29, 1.82) is 0 Å². The topological polar surface area (TPSA) is 49.9 Å². The average molecular weight is 419 g/mol. The third-order valence-electron chi connectivity index (χ3n) is 7.70. The van der Waals surface area contributed by atoms with Gasteiger partial charge in [-0.3, -0.25) is 4.90 Å². The van der Waals surface area contributed by atoms with E-state index in [2.05, 4.69) is 23.1 Å². The van der Waals surface area contributed by atoms with Crippen molar-refractivity contribution in [2.24, 2.45) is 17.8 Å². The van der Waals surface area contributed by atoms with Crippen LogP contribution in [0.3, 0.4) is 0 Å². The molecule has 4 aliphatic rings. The maximum atomic E-state index is 13.1. The first-order chi connectivity index (χ1) is 14.0. The van der Waals surface area contributed by atoms with E-state index < -0.39 is 10.0 Å². The minimum atomic E-state index is -3.11. The normalized spacial score (nSPS) is 33.3. The number of sulfonamides is 1. The number of rotatable bonds is 6. The summed E-state index contributed by atoms with van der Waals surface area (Å²) in [4.78, 5) is 2.76. The monoisotopic (exact) mass is 418 g/mol. The van der Waals surface area contributed by atoms with Crippen LogP contribution in [0.15, 0.2) is 24.3 Å². The lowest BCUT2D eigenvalue weighted by molar-refractivity contribution is -0.0550. The van der Waals surface area contributed by atoms with Crippen molar-refractivity contribution in [3.05, 3.63) is 29.8 Å². The van der Waals surface area contributed by atoms with Crippen LogP contribution in [-0.4, -0.2) is 62.2 Å². The molecule has 160 valence electrons. The number of hydrogen-bond acceptors (Lipinski definition) is 4. The molecular formula is C23H34N2O3S. The number of benzene rings is 1. The molecule has 29 heavy (non-hydrogen) atoms. The molecule has 0 unspecified atom stereocenters. The summed E-state index contributed by atoms with van der Waals surface area (Å²) in [7, 11) is -1.40. The number of ether oxygens (including phenoxy) is 1. The van der Waals surface area contributed by atoms with E-state index in [9.17, 15) is 8.42 Å². The van der Waals surface area contributed by atoms with E-state index in [-0.39, 0.29) is 0 Å². The molecule has 5 nitrogen and oxygen atoms in total. The number of methoxy groups -OCH3 is 1. The zero-order valence-electron chi connectivity index (χ0n) is 17.5. The molecule has 1 aromatic rings. The first-order valence-corrected chi connectivity index (χ1v) is 13.0. The molecule has 6 heteroatoms. The number of piperidine rings is 3. The zero-order chi connectivity index (χ0) is 20.0. The second-order valence-electron chi connectivity index (χ2n) is 9.72. The van der Waals surface area contributed by atoms with Crippen LogP contribution in [0.1, 0.15) is 44.1 Å². The lowest BCUT2D eigenvalue weighted by Gasteiger charge is -2.56. The molecule has 0 N–H and O–H groups in total. The van der Waals surface area contributed by atoms with Gasteiger partial charge in [0.15, 0.2) is 0 Å². The molecule has 3 saturated heterocycles. The van der Waals surface area contributed by atoms with Gasteiger partial charge in [-0.15, -0.1) is 0 Å². The van der Waals surface area contributed by atoms with Gasteiger partial charge in [-0.25, -0.2) is 12.7 Å². The predicted molar refractivity (Wildman–Crippen MR) is 115 cm³/mol. The third kappa shape index (κ3) is 4.08. The van der Waals surface area contributed by atoms with Gasteiger partial charge in [-0.2, -0.15) is 0 Å². The standard InChI is InChI=1S/C23H34N2O3S/c1-28-21-6-4-5-18(11-21)12-23-20-13-19(22-7-2-3-10-25(22)23)14-24(15-20)29(26,27)16-17-8-9-17/h4-6,11,17,19-20,22-23H,2-3,7-10,12-16H2,1H3/t19-,20+,22+,23+/m1/s1. The molecule has 1 aromatic carbocycles. The van der Waals surface area contributed by atoms with Gasteiger partial charge in [-0.05, 0) is 80.5 Å². The van der Waals surface area contributed by atoms with E-state index in [4.69, 9.17) is 4.74 Å². The van der Waals surface area contributed by atoms with E-state index in [0.29, 0.717) is 42.1 Å². The van der Waals surface area contributed by atoms with Crippen LogP contribution in [0, 0.1) is 17.8 Å². The fourth-order valence-corrected chi connectivity index (χ4v) is 8.08. The van der Waals surface area contributed by atoms with Gasteiger partial charge >= 0.3 is 0 Å². The average Bonchev–Trinajstić information content (AvgIpc) is 3.54. The third-order valence-corrected chi connectivity index (χ3v) is 9.68. The second-order valence-corrected chi connectivity index (χ2v) is 11.7. The molecule has 2 bridgehead atoms. The molecule has 0 radical (unpaired) electrons. The SMILES string of the molecule is COc1cccc(C[C@H]2[C@H]3C[C@H](CN(S(=O)(=O)CC4CC4)C3)[C@@H]3CCCCN32)c1. The highest BCUT2D eigenvalue weighted by Crippen LogP contribution is 2.43. The Bertz CT molecular complexity index is 838. The van der Waals surface area contributed by atoms with Crippen LogP contribution in [0.25, 0.3) is 0 Å². The minimum absolute atomic E-state index is 0.376. The van der Waals surface area contributed by atoms with Crippen molar-refractivity contribution < 1.29 is 13.2 Å². The highest BCUT2D eigenvalue weighted by atomic mass is 32.2. The Kier molecular flexibility index (Phi) is 5.37. The van der Waals surface area contributed by atoms with Crippen LogP contribution in [0.2, 0.25) is 0 Å². The van der Waals surface area contributed by atoms with Crippen LogP contribution < -0.4 is 4.74 Å². The molecule has 5 rings (SSSR count). The Balaban J connectivity index is 1.40. The predicted octanol–water partition coefficient (Wildman–Crippen LogP) is 3.15. The van der Waals surface area contributed by atoms with Crippen molar-refractivity contribution in [3.63, 3.8) is 0 Å². The highest BCUT2D eigenvalue weighted by Gasteiger charge is 2.49. The Morgan fingerprint density at radius 2 is 1.93 bits per heavy atom. The van der Waals surface area contributed by atoms with Gasteiger partial charge in [0.2, 0.25) is 10.0 Å². The van der Waals surface area contributed by atoms with Crippen LogP contribution >= 0.6 is 0 Å². The molecule has 4 fully saturated rings. The van der Waals surface area contributed by atoms with Gasteiger partial charge in [-0.1, -0.05) is 18.6 Å². The minimum Gasteiger partial charge on any atom is -0.497 e. The molecule has 1 saturated carbocycles. The van der Waals surface area contributed by atoms with Gasteiger partial charge in [0, 0.05) is 25.2 Å². The molecule has 0 aromatic heterocycles. The quantitative estimate of drug-likeness (QED) is 0.712. The lowest BCUT2D eigenvalue weighted by atomic mass is 9.71. The molecule has 3 heterocycles. The Morgan fingerprint density at radius 1 is 1.10 bits per heavy atom. The van der Waals surface area contributed by atoms with E-state index in [1.807, 2.05) is 10.4 Å². The van der Waals surface area contributed by atoms with Crippen LogP contribution in [0.4, 0.5) is 0 Å². The second kappa shape index (κ2) is 7.86. The molecule has 4 atom stereocenters. The Hall–Kier alpha value is -1.11. The first kappa shape index (κ1) is 19.8. The van der Waals surface area contributed by atoms with Gasteiger partial charge in [0.1, 0.15) is 5.75 Å². The molecular weight excluding hydrogens is 384 g/mol. The van der Waals surface area contributed by atoms with E-state index >= 15 is 0 Å². The molecule has 3 aliphatic heterocycles. The summed E-state index contributed by atoms with van der Waals surface area (Å²) in [5.74, 6) is 2.64. The molecule has 1 aliphatic carbocycles. The van der Waals surface area contributed by atoms with Crippen LogP contribution in [0.5, 0.6) is 5.75 Å². The largest absolute Gasteiger partial charge is 0.497 e. The fraction of sp³-hybridized carbons (Fsp3) is 0.739. The van der Waals surface area contributed by atoms with Gasteiger partial charge in [0.05, 0.1) is 12.9 Å². The summed E-state index contributed by atoms with van der Waals surface area (Å²) in [6.45, 7) is 2.63. The fourth-order valence-electron chi connectivity index (χ4n) is 6.10. The lowest BCUT2D eigenvalue weighted by Crippen LogP contribution is -2.64. The van der Waals surface area contributed by atoms with E-state index in [1.54, 1.807) is 7.11 Å². The number of fused-ring (bicyclic) bond motifs is 4. The smallest absolute Gasteiger partial charge is 0.214 e. The van der Waals surface area contributed by atoms with Crippen molar-refractivity contribution in [1.82, 2.24) is 9.21 Å². The summed E-state index contributed by atoms with van der Waals surface area (Å²) >= 11 is 0. The van der Waals surface area contributed by atoms with Crippen molar-refractivity contribution in [2.45, 2.75) is 57.0 Å².